The SMILES string of the molecule is OCc1ccc(Br)cc1Oc1ccc(F)c(Cl)c1. The van der Waals surface area contributed by atoms with Gasteiger partial charge in [0.05, 0.1) is 11.6 Å². The molecule has 2 aromatic rings. The van der Waals surface area contributed by atoms with Crippen molar-refractivity contribution in [3.8, 4) is 11.5 Å². The number of halogens is 3. The molecule has 0 heterocycles. The predicted molar refractivity (Wildman–Crippen MR) is 71.5 cm³/mol. The maximum absolute atomic E-state index is 13.0. The Morgan fingerprint density at radius 1 is 1.22 bits per heavy atom. The van der Waals surface area contributed by atoms with Gasteiger partial charge in [-0.1, -0.05) is 33.6 Å². The quantitative estimate of drug-likeness (QED) is 0.895. The van der Waals surface area contributed by atoms with Crippen molar-refractivity contribution in [2.75, 3.05) is 0 Å². The van der Waals surface area contributed by atoms with Gasteiger partial charge in [0.2, 0.25) is 0 Å². The van der Waals surface area contributed by atoms with Crippen LogP contribution in [0.15, 0.2) is 40.9 Å². The van der Waals surface area contributed by atoms with Gasteiger partial charge in [-0.05, 0) is 24.3 Å². The van der Waals surface area contributed by atoms with Crippen molar-refractivity contribution in [3.63, 3.8) is 0 Å². The van der Waals surface area contributed by atoms with Crippen LogP contribution in [-0.2, 0) is 6.61 Å². The van der Waals surface area contributed by atoms with Crippen molar-refractivity contribution in [1.82, 2.24) is 0 Å². The smallest absolute Gasteiger partial charge is 0.142 e. The lowest BCUT2D eigenvalue weighted by Gasteiger charge is -2.10. The summed E-state index contributed by atoms with van der Waals surface area (Å²) in [5, 5.41) is 9.20. The van der Waals surface area contributed by atoms with E-state index < -0.39 is 5.82 Å². The van der Waals surface area contributed by atoms with Crippen LogP contribution in [-0.4, -0.2) is 5.11 Å². The lowest BCUT2D eigenvalue weighted by molar-refractivity contribution is 0.276. The Labute approximate surface area is 117 Å². The second-order valence-electron chi connectivity index (χ2n) is 3.59. The molecule has 0 bridgehead atoms. The summed E-state index contributed by atoms with van der Waals surface area (Å²) in [5.41, 5.74) is 0.638. The van der Waals surface area contributed by atoms with Crippen molar-refractivity contribution in [3.05, 3.63) is 57.3 Å². The van der Waals surface area contributed by atoms with Gasteiger partial charge in [0.15, 0.2) is 0 Å². The highest BCUT2D eigenvalue weighted by Crippen LogP contribution is 2.30. The molecule has 1 N–H and O–H groups in total. The fraction of sp³-hybridized carbons (Fsp3) is 0.0769. The first-order chi connectivity index (χ1) is 8.60. The van der Waals surface area contributed by atoms with Gasteiger partial charge >= 0.3 is 0 Å². The Bertz CT molecular complexity index is 575. The Morgan fingerprint density at radius 3 is 2.67 bits per heavy atom. The average molecular weight is 332 g/mol. The van der Waals surface area contributed by atoms with Crippen LogP contribution in [0.3, 0.4) is 0 Å². The van der Waals surface area contributed by atoms with Gasteiger partial charge < -0.3 is 9.84 Å². The Balaban J connectivity index is 2.33. The van der Waals surface area contributed by atoms with E-state index in [1.54, 1.807) is 18.2 Å². The fourth-order valence-corrected chi connectivity index (χ4v) is 1.93. The summed E-state index contributed by atoms with van der Waals surface area (Å²) < 4.78 is 19.4. The molecule has 0 atom stereocenters. The third-order valence-electron chi connectivity index (χ3n) is 2.32. The minimum atomic E-state index is -0.499. The summed E-state index contributed by atoms with van der Waals surface area (Å²) in [5.74, 6) is 0.407. The van der Waals surface area contributed by atoms with Crippen LogP contribution in [0.5, 0.6) is 11.5 Å². The van der Waals surface area contributed by atoms with Crippen molar-refractivity contribution in [1.29, 1.82) is 0 Å². The first kappa shape index (κ1) is 13.3. The minimum Gasteiger partial charge on any atom is -0.457 e. The standard InChI is InChI=1S/C13H9BrClFO2/c14-9-2-1-8(7-17)13(5-9)18-10-3-4-12(16)11(15)6-10/h1-6,17H,7H2. The molecule has 0 aromatic heterocycles. The van der Waals surface area contributed by atoms with Gasteiger partial charge in [0.1, 0.15) is 17.3 Å². The second kappa shape index (κ2) is 5.69. The molecule has 0 saturated carbocycles. The monoisotopic (exact) mass is 330 g/mol. The molecule has 2 rings (SSSR count). The molecule has 0 aliphatic carbocycles. The van der Waals surface area contributed by atoms with E-state index in [1.165, 1.54) is 18.2 Å². The van der Waals surface area contributed by atoms with E-state index in [0.29, 0.717) is 17.1 Å². The largest absolute Gasteiger partial charge is 0.457 e. The van der Waals surface area contributed by atoms with Crippen LogP contribution in [0, 0.1) is 5.82 Å². The van der Waals surface area contributed by atoms with Crippen molar-refractivity contribution >= 4 is 27.5 Å². The lowest BCUT2D eigenvalue weighted by Crippen LogP contribution is -1.92. The zero-order valence-electron chi connectivity index (χ0n) is 9.16. The van der Waals surface area contributed by atoms with E-state index in [-0.39, 0.29) is 11.6 Å². The summed E-state index contributed by atoms with van der Waals surface area (Å²) in [6, 6.07) is 9.36. The molecule has 0 fully saturated rings. The minimum absolute atomic E-state index is 0.00644. The number of hydrogen-bond acceptors (Lipinski definition) is 2. The Hall–Kier alpha value is -1.10. The summed E-state index contributed by atoms with van der Waals surface area (Å²) in [6.07, 6.45) is 0. The second-order valence-corrected chi connectivity index (χ2v) is 4.91. The van der Waals surface area contributed by atoms with Gasteiger partial charge in [0.25, 0.3) is 0 Å². The first-order valence-electron chi connectivity index (χ1n) is 5.12. The fourth-order valence-electron chi connectivity index (χ4n) is 1.42. The molecule has 0 spiro atoms. The molecular weight excluding hydrogens is 322 g/mol. The molecule has 2 aromatic carbocycles. The molecule has 0 radical (unpaired) electrons. The average Bonchev–Trinajstić information content (AvgIpc) is 2.34. The van der Waals surface area contributed by atoms with Gasteiger partial charge in [-0.2, -0.15) is 0 Å². The van der Waals surface area contributed by atoms with E-state index in [1.807, 2.05) is 0 Å². The first-order valence-corrected chi connectivity index (χ1v) is 6.29. The summed E-state index contributed by atoms with van der Waals surface area (Å²) in [4.78, 5) is 0. The third-order valence-corrected chi connectivity index (χ3v) is 3.10. The van der Waals surface area contributed by atoms with Crippen molar-refractivity contribution in [2.24, 2.45) is 0 Å². The number of hydrogen-bond donors (Lipinski definition) is 1. The van der Waals surface area contributed by atoms with Crippen molar-refractivity contribution in [2.45, 2.75) is 6.61 Å². The Kier molecular flexibility index (Phi) is 4.22. The predicted octanol–water partition coefficient (Wildman–Crippen LogP) is 4.53. The van der Waals surface area contributed by atoms with E-state index in [9.17, 15) is 9.50 Å². The van der Waals surface area contributed by atoms with E-state index in [2.05, 4.69) is 15.9 Å². The van der Waals surface area contributed by atoms with Crippen LogP contribution in [0.25, 0.3) is 0 Å². The zero-order chi connectivity index (χ0) is 13.1. The van der Waals surface area contributed by atoms with Gasteiger partial charge in [0, 0.05) is 16.1 Å². The molecule has 0 unspecified atom stereocenters. The van der Waals surface area contributed by atoms with E-state index >= 15 is 0 Å². The number of ether oxygens (including phenoxy) is 1. The van der Waals surface area contributed by atoms with Crippen LogP contribution >= 0.6 is 27.5 Å². The van der Waals surface area contributed by atoms with Crippen molar-refractivity contribution < 1.29 is 14.2 Å². The lowest BCUT2D eigenvalue weighted by atomic mass is 10.2. The number of aliphatic hydroxyl groups excluding tert-OH is 1. The normalized spacial score (nSPS) is 10.4. The molecule has 94 valence electrons. The summed E-state index contributed by atoms with van der Waals surface area (Å²) in [7, 11) is 0. The molecule has 18 heavy (non-hydrogen) atoms. The zero-order valence-corrected chi connectivity index (χ0v) is 11.5. The van der Waals surface area contributed by atoms with Gasteiger partial charge in [-0.25, -0.2) is 4.39 Å². The maximum atomic E-state index is 13.0. The number of rotatable bonds is 3. The van der Waals surface area contributed by atoms with Crippen LogP contribution in [0.4, 0.5) is 4.39 Å². The molecule has 0 aliphatic heterocycles. The van der Waals surface area contributed by atoms with Crippen LogP contribution in [0.1, 0.15) is 5.56 Å². The highest BCUT2D eigenvalue weighted by atomic mass is 79.9. The maximum Gasteiger partial charge on any atom is 0.142 e. The van der Waals surface area contributed by atoms with Crippen LogP contribution in [0.2, 0.25) is 5.02 Å². The van der Waals surface area contributed by atoms with Gasteiger partial charge in [-0.3, -0.25) is 0 Å². The van der Waals surface area contributed by atoms with E-state index in [4.69, 9.17) is 16.3 Å². The number of benzene rings is 2. The molecule has 5 heteroatoms. The summed E-state index contributed by atoms with van der Waals surface area (Å²) >= 11 is 8.99. The van der Waals surface area contributed by atoms with E-state index in [0.717, 1.165) is 4.47 Å². The third kappa shape index (κ3) is 3.02. The topological polar surface area (TPSA) is 29.5 Å². The molecule has 0 aliphatic rings. The highest BCUT2D eigenvalue weighted by Gasteiger charge is 2.07. The van der Waals surface area contributed by atoms with Crippen LogP contribution < -0.4 is 4.74 Å². The molecule has 0 saturated heterocycles. The Morgan fingerprint density at radius 2 is 2.00 bits per heavy atom. The van der Waals surface area contributed by atoms with Gasteiger partial charge in [-0.15, -0.1) is 0 Å². The molecule has 0 amide bonds. The summed E-state index contributed by atoms with van der Waals surface area (Å²) in [6.45, 7) is -0.141. The molecular formula is C13H9BrClFO2. The molecule has 2 nitrogen and oxygen atoms in total. The number of aliphatic hydroxyl groups is 1. The highest BCUT2D eigenvalue weighted by molar-refractivity contribution is 9.10.